The maximum atomic E-state index is 12.2. The van der Waals surface area contributed by atoms with Crippen LogP contribution in [0.3, 0.4) is 0 Å². The lowest BCUT2D eigenvalue weighted by Crippen LogP contribution is -2.42. The fourth-order valence-electron chi connectivity index (χ4n) is 2.59. The number of anilines is 1. The molecule has 1 atom stereocenters. The molecule has 1 unspecified atom stereocenters. The fourth-order valence-corrected chi connectivity index (χ4v) is 2.59. The molecule has 2 rings (SSSR count). The number of unbranched alkanes of at least 4 members (excludes halogenated alkanes) is 1. The average Bonchev–Trinajstić information content (AvgIpc) is 2.50. The van der Waals surface area contributed by atoms with Crippen LogP contribution in [-0.2, 0) is 4.79 Å². The topological polar surface area (TPSA) is 58.8 Å². The molecule has 1 aliphatic heterocycles. The number of hydrogen-bond donors (Lipinski definition) is 1. The van der Waals surface area contributed by atoms with Crippen molar-refractivity contribution in [3.63, 3.8) is 0 Å². The second-order valence-electron chi connectivity index (χ2n) is 6.11. The first-order valence-electron chi connectivity index (χ1n) is 8.00. The van der Waals surface area contributed by atoms with Crippen molar-refractivity contribution in [2.45, 2.75) is 32.2 Å². The molecule has 0 fully saturated rings. The molecule has 0 spiro atoms. The standard InChI is InChI=1S/C17H27N3O2/c1-4-5-6-14(18)13-7-8-16-15(11-13)20(10-9-19(2)3)17(21)12-22-16/h7-8,11,14H,4-6,9-10,12,18H2,1-3H3. The summed E-state index contributed by atoms with van der Waals surface area (Å²) in [6.07, 6.45) is 3.20. The van der Waals surface area contributed by atoms with Crippen molar-refractivity contribution >= 4 is 11.6 Å². The third kappa shape index (κ3) is 3.99. The number of likely N-dealkylation sites (N-methyl/N-ethyl adjacent to an activating group) is 1. The third-order valence-electron chi connectivity index (χ3n) is 3.99. The summed E-state index contributed by atoms with van der Waals surface area (Å²) < 4.78 is 5.54. The number of fused-ring (bicyclic) bond motifs is 1. The Morgan fingerprint density at radius 2 is 2.18 bits per heavy atom. The zero-order valence-corrected chi connectivity index (χ0v) is 13.8. The van der Waals surface area contributed by atoms with E-state index in [1.807, 2.05) is 37.2 Å². The maximum absolute atomic E-state index is 12.2. The molecule has 0 saturated heterocycles. The Kier molecular flexibility index (Phi) is 5.80. The maximum Gasteiger partial charge on any atom is 0.265 e. The normalized spacial score (nSPS) is 15.7. The van der Waals surface area contributed by atoms with E-state index in [0.29, 0.717) is 6.54 Å². The van der Waals surface area contributed by atoms with Gasteiger partial charge < -0.3 is 20.3 Å². The van der Waals surface area contributed by atoms with Gasteiger partial charge in [0.25, 0.3) is 5.91 Å². The quantitative estimate of drug-likeness (QED) is 0.838. The van der Waals surface area contributed by atoms with Crippen molar-refractivity contribution in [1.29, 1.82) is 0 Å². The van der Waals surface area contributed by atoms with Crippen molar-refractivity contribution < 1.29 is 9.53 Å². The van der Waals surface area contributed by atoms with Crippen LogP contribution in [0.1, 0.15) is 37.8 Å². The number of ether oxygens (including phenoxy) is 1. The molecular formula is C17H27N3O2. The molecule has 5 heteroatoms. The van der Waals surface area contributed by atoms with E-state index in [0.717, 1.165) is 42.8 Å². The van der Waals surface area contributed by atoms with E-state index in [2.05, 4.69) is 11.8 Å². The molecule has 1 aromatic carbocycles. The summed E-state index contributed by atoms with van der Waals surface area (Å²) in [7, 11) is 4.01. The van der Waals surface area contributed by atoms with Gasteiger partial charge in [-0.05, 0) is 38.2 Å². The Bertz CT molecular complexity index is 517. The van der Waals surface area contributed by atoms with E-state index >= 15 is 0 Å². The first-order chi connectivity index (χ1) is 10.5. The van der Waals surface area contributed by atoms with Gasteiger partial charge in [-0.15, -0.1) is 0 Å². The van der Waals surface area contributed by atoms with Gasteiger partial charge >= 0.3 is 0 Å². The Labute approximate surface area is 133 Å². The number of hydrogen-bond acceptors (Lipinski definition) is 4. The van der Waals surface area contributed by atoms with Crippen molar-refractivity contribution in [2.75, 3.05) is 38.7 Å². The van der Waals surface area contributed by atoms with Crippen LogP contribution in [0, 0.1) is 0 Å². The zero-order chi connectivity index (χ0) is 16.1. The summed E-state index contributed by atoms with van der Waals surface area (Å²) in [6.45, 7) is 3.75. The Morgan fingerprint density at radius 1 is 1.41 bits per heavy atom. The van der Waals surface area contributed by atoms with Gasteiger partial charge in [0.15, 0.2) is 6.61 Å². The highest BCUT2D eigenvalue weighted by Crippen LogP contribution is 2.34. The summed E-state index contributed by atoms with van der Waals surface area (Å²) in [5.41, 5.74) is 8.18. The van der Waals surface area contributed by atoms with Crippen LogP contribution in [0.25, 0.3) is 0 Å². The van der Waals surface area contributed by atoms with Crippen LogP contribution < -0.4 is 15.4 Å². The van der Waals surface area contributed by atoms with E-state index in [9.17, 15) is 4.79 Å². The van der Waals surface area contributed by atoms with Crippen LogP contribution in [-0.4, -0.2) is 44.6 Å². The van der Waals surface area contributed by atoms with E-state index in [1.54, 1.807) is 0 Å². The Balaban J connectivity index is 2.21. The Hall–Kier alpha value is -1.59. The van der Waals surface area contributed by atoms with Gasteiger partial charge in [-0.1, -0.05) is 25.8 Å². The fraction of sp³-hybridized carbons (Fsp3) is 0.588. The van der Waals surface area contributed by atoms with Crippen molar-refractivity contribution in [2.24, 2.45) is 5.73 Å². The van der Waals surface area contributed by atoms with Gasteiger partial charge in [-0.3, -0.25) is 4.79 Å². The SMILES string of the molecule is CCCCC(N)c1ccc2c(c1)N(CCN(C)C)C(=O)CO2. The van der Waals surface area contributed by atoms with Crippen LogP contribution in [0.5, 0.6) is 5.75 Å². The van der Waals surface area contributed by atoms with Gasteiger partial charge in [0.2, 0.25) is 0 Å². The predicted molar refractivity (Wildman–Crippen MR) is 89.3 cm³/mol. The molecule has 5 nitrogen and oxygen atoms in total. The number of nitrogens with zero attached hydrogens (tertiary/aromatic N) is 2. The molecule has 0 aliphatic carbocycles. The first-order valence-corrected chi connectivity index (χ1v) is 8.00. The molecule has 2 N–H and O–H groups in total. The van der Waals surface area contributed by atoms with E-state index in [-0.39, 0.29) is 18.6 Å². The van der Waals surface area contributed by atoms with E-state index in [4.69, 9.17) is 10.5 Å². The second kappa shape index (κ2) is 7.61. The van der Waals surface area contributed by atoms with E-state index in [1.165, 1.54) is 0 Å². The minimum atomic E-state index is 0.00799. The van der Waals surface area contributed by atoms with Crippen molar-refractivity contribution in [1.82, 2.24) is 4.90 Å². The number of benzene rings is 1. The molecule has 0 aromatic heterocycles. The van der Waals surface area contributed by atoms with Gasteiger partial charge in [0.1, 0.15) is 5.75 Å². The molecule has 1 aliphatic rings. The van der Waals surface area contributed by atoms with E-state index < -0.39 is 0 Å². The number of carbonyl (C=O) groups excluding carboxylic acids is 1. The molecule has 0 saturated carbocycles. The molecule has 0 radical (unpaired) electrons. The highest BCUT2D eigenvalue weighted by Gasteiger charge is 2.26. The summed E-state index contributed by atoms with van der Waals surface area (Å²) in [4.78, 5) is 16.1. The smallest absolute Gasteiger partial charge is 0.265 e. The largest absolute Gasteiger partial charge is 0.482 e. The lowest BCUT2D eigenvalue weighted by molar-refractivity contribution is -0.121. The van der Waals surface area contributed by atoms with Crippen molar-refractivity contribution in [3.05, 3.63) is 23.8 Å². The third-order valence-corrected chi connectivity index (χ3v) is 3.99. The molecule has 0 bridgehead atoms. The summed E-state index contributed by atoms with van der Waals surface area (Å²) in [5, 5.41) is 0. The van der Waals surface area contributed by atoms with Crippen LogP contribution in [0.4, 0.5) is 5.69 Å². The summed E-state index contributed by atoms with van der Waals surface area (Å²) in [5.74, 6) is 0.776. The van der Waals surface area contributed by atoms with Gasteiger partial charge in [-0.25, -0.2) is 0 Å². The van der Waals surface area contributed by atoms with Gasteiger partial charge in [0, 0.05) is 19.1 Å². The second-order valence-corrected chi connectivity index (χ2v) is 6.11. The van der Waals surface area contributed by atoms with Gasteiger partial charge in [-0.2, -0.15) is 0 Å². The van der Waals surface area contributed by atoms with Crippen LogP contribution in [0.2, 0.25) is 0 Å². The summed E-state index contributed by atoms with van der Waals surface area (Å²) in [6, 6.07) is 5.98. The molecule has 122 valence electrons. The summed E-state index contributed by atoms with van der Waals surface area (Å²) >= 11 is 0. The number of amides is 1. The van der Waals surface area contributed by atoms with Crippen molar-refractivity contribution in [3.8, 4) is 5.75 Å². The highest BCUT2D eigenvalue weighted by atomic mass is 16.5. The zero-order valence-electron chi connectivity index (χ0n) is 13.8. The molecule has 1 amide bonds. The molecule has 22 heavy (non-hydrogen) atoms. The number of nitrogens with two attached hydrogens (primary N) is 1. The molecule has 1 heterocycles. The number of carbonyl (C=O) groups is 1. The van der Waals surface area contributed by atoms with Crippen LogP contribution >= 0.6 is 0 Å². The minimum Gasteiger partial charge on any atom is -0.482 e. The molecule has 1 aromatic rings. The lowest BCUT2D eigenvalue weighted by Gasteiger charge is -2.31. The monoisotopic (exact) mass is 305 g/mol. The highest BCUT2D eigenvalue weighted by molar-refractivity contribution is 5.97. The first kappa shape index (κ1) is 16.8. The molecular weight excluding hydrogens is 278 g/mol. The average molecular weight is 305 g/mol. The Morgan fingerprint density at radius 3 is 2.86 bits per heavy atom. The van der Waals surface area contributed by atoms with Gasteiger partial charge in [0.05, 0.1) is 5.69 Å². The predicted octanol–water partition coefficient (Wildman–Crippen LogP) is 2.16. The minimum absolute atomic E-state index is 0.00799. The number of rotatable bonds is 7. The van der Waals surface area contributed by atoms with Crippen LogP contribution in [0.15, 0.2) is 18.2 Å². The lowest BCUT2D eigenvalue weighted by atomic mass is 10.0.